The average Bonchev–Trinajstić information content (AvgIpc) is 2.73. The molecule has 0 aliphatic carbocycles. The summed E-state index contributed by atoms with van der Waals surface area (Å²) in [5, 5.41) is 0. The van der Waals surface area contributed by atoms with Gasteiger partial charge in [-0.2, -0.15) is 13.2 Å². The normalized spacial score (nSPS) is 11.1. The van der Waals surface area contributed by atoms with Crippen LogP contribution in [0.5, 0.6) is 0 Å². The highest BCUT2D eigenvalue weighted by molar-refractivity contribution is 6.04. The van der Waals surface area contributed by atoms with Crippen LogP contribution >= 0.6 is 0 Å². The van der Waals surface area contributed by atoms with E-state index < -0.39 is 51.9 Å². The van der Waals surface area contributed by atoms with E-state index in [-0.39, 0.29) is 25.5 Å². The fraction of sp³-hybridized carbons (Fsp3) is 0.333. The van der Waals surface area contributed by atoms with Crippen molar-refractivity contribution < 1.29 is 41.8 Å². The molecule has 0 amide bonds. The number of hydrogen-bond acceptors (Lipinski definition) is 7. The van der Waals surface area contributed by atoms with Gasteiger partial charge in [0, 0.05) is 11.9 Å². The van der Waals surface area contributed by atoms with Gasteiger partial charge in [-0.05, 0) is 45.0 Å². The van der Waals surface area contributed by atoms with Crippen LogP contribution in [0, 0.1) is 0 Å². The topological polar surface area (TPSA) is 101 Å². The summed E-state index contributed by atoms with van der Waals surface area (Å²) >= 11 is 0. The molecule has 1 aromatic carbocycles. The molecule has 0 saturated heterocycles. The molecule has 0 radical (unpaired) electrons. The first-order valence-electron chi connectivity index (χ1n) is 9.55. The molecule has 1 aromatic heterocycles. The van der Waals surface area contributed by atoms with Gasteiger partial charge in [0.2, 0.25) is 5.43 Å². The fourth-order valence-corrected chi connectivity index (χ4v) is 2.78. The second-order valence-electron chi connectivity index (χ2n) is 6.17. The molecule has 0 bridgehead atoms. The number of nitrogens with zero attached hydrogens (tertiary/aromatic N) is 1. The lowest BCUT2D eigenvalue weighted by atomic mass is 10.1. The number of alkyl halides is 3. The van der Waals surface area contributed by atoms with Crippen LogP contribution in [0.2, 0.25) is 0 Å². The number of ether oxygens (including phenoxy) is 3. The zero-order valence-electron chi connectivity index (χ0n) is 17.4. The Morgan fingerprint density at radius 2 is 1.34 bits per heavy atom. The molecule has 0 saturated carbocycles. The highest BCUT2D eigenvalue weighted by Gasteiger charge is 2.32. The number of benzene rings is 1. The van der Waals surface area contributed by atoms with Crippen LogP contribution in [0.15, 0.2) is 35.3 Å². The number of pyridine rings is 1. The maximum atomic E-state index is 12.9. The third kappa shape index (κ3) is 5.16. The predicted octanol–water partition coefficient (Wildman–Crippen LogP) is 3.39. The molecular weight excluding hydrogens is 435 g/mol. The molecule has 2 rings (SSSR count). The second kappa shape index (κ2) is 10.1. The summed E-state index contributed by atoms with van der Waals surface area (Å²) in [6, 6.07) is 3.52. The van der Waals surface area contributed by atoms with Gasteiger partial charge < -0.3 is 18.8 Å². The lowest BCUT2D eigenvalue weighted by molar-refractivity contribution is -0.137. The maximum Gasteiger partial charge on any atom is 0.416 e. The van der Waals surface area contributed by atoms with Gasteiger partial charge in [-0.15, -0.1) is 0 Å². The summed E-state index contributed by atoms with van der Waals surface area (Å²) in [6.45, 7) is 4.08. The molecule has 0 fully saturated rings. The summed E-state index contributed by atoms with van der Waals surface area (Å²) in [5.41, 5.74) is -4.14. The highest BCUT2D eigenvalue weighted by atomic mass is 19.4. The predicted molar refractivity (Wildman–Crippen MR) is 105 cm³/mol. The minimum Gasteiger partial charge on any atom is -0.462 e. The third-order valence-electron chi connectivity index (χ3n) is 4.12. The Balaban J connectivity index is 2.90. The first-order chi connectivity index (χ1) is 15.1. The lowest BCUT2D eigenvalue weighted by Gasteiger charge is -2.18. The summed E-state index contributed by atoms with van der Waals surface area (Å²) < 4.78 is 54.4. The van der Waals surface area contributed by atoms with Gasteiger partial charge in [-0.1, -0.05) is 0 Å². The van der Waals surface area contributed by atoms with Crippen molar-refractivity contribution >= 4 is 17.9 Å². The number of rotatable bonds is 7. The van der Waals surface area contributed by atoms with Gasteiger partial charge >= 0.3 is 24.1 Å². The van der Waals surface area contributed by atoms with Crippen molar-refractivity contribution in [1.82, 2.24) is 4.57 Å². The first kappa shape index (κ1) is 24.6. The zero-order chi connectivity index (χ0) is 24.1. The largest absolute Gasteiger partial charge is 0.462 e. The van der Waals surface area contributed by atoms with E-state index in [1.807, 2.05) is 0 Å². The summed E-state index contributed by atoms with van der Waals surface area (Å²) in [6.07, 6.45) is -3.70. The number of carbonyl (C=O) groups is 3. The SMILES string of the molecule is CCOC(=O)c1cn(-c2ccc(C(F)(F)F)cc2)c(C(=O)OCC)c(C(=O)OCC)c1=O. The van der Waals surface area contributed by atoms with Crippen LogP contribution in [-0.2, 0) is 20.4 Å². The van der Waals surface area contributed by atoms with Crippen LogP contribution in [-0.4, -0.2) is 42.3 Å². The quantitative estimate of drug-likeness (QED) is 0.466. The number of hydrogen-bond donors (Lipinski definition) is 0. The van der Waals surface area contributed by atoms with Crippen molar-refractivity contribution in [2.75, 3.05) is 19.8 Å². The number of halogens is 3. The van der Waals surface area contributed by atoms with E-state index in [1.165, 1.54) is 20.8 Å². The maximum absolute atomic E-state index is 12.9. The van der Waals surface area contributed by atoms with Gasteiger partial charge in [-0.25, -0.2) is 14.4 Å². The minimum absolute atomic E-state index is 0.0443. The Bertz CT molecular complexity index is 1070. The van der Waals surface area contributed by atoms with E-state index in [9.17, 15) is 32.3 Å². The molecule has 0 spiro atoms. The Kier molecular flexibility index (Phi) is 7.79. The number of esters is 3. The smallest absolute Gasteiger partial charge is 0.416 e. The lowest BCUT2D eigenvalue weighted by Crippen LogP contribution is -2.32. The van der Waals surface area contributed by atoms with Crippen molar-refractivity contribution in [3.63, 3.8) is 0 Å². The van der Waals surface area contributed by atoms with Gasteiger partial charge in [-0.3, -0.25) is 4.79 Å². The van der Waals surface area contributed by atoms with Gasteiger partial charge in [0.1, 0.15) is 11.1 Å². The van der Waals surface area contributed by atoms with Crippen LogP contribution < -0.4 is 5.43 Å². The highest BCUT2D eigenvalue weighted by Crippen LogP contribution is 2.30. The number of carbonyl (C=O) groups excluding carboxylic acids is 3. The molecule has 0 aliphatic heterocycles. The monoisotopic (exact) mass is 455 g/mol. The van der Waals surface area contributed by atoms with E-state index in [1.54, 1.807) is 0 Å². The minimum atomic E-state index is -4.61. The summed E-state index contributed by atoms with van der Waals surface area (Å²) in [4.78, 5) is 50.5. The van der Waals surface area contributed by atoms with Crippen molar-refractivity contribution in [1.29, 1.82) is 0 Å². The molecule has 32 heavy (non-hydrogen) atoms. The average molecular weight is 455 g/mol. The molecule has 1 heterocycles. The van der Waals surface area contributed by atoms with E-state index in [2.05, 4.69) is 0 Å². The Morgan fingerprint density at radius 1 is 0.844 bits per heavy atom. The summed E-state index contributed by atoms with van der Waals surface area (Å²) in [5.74, 6) is -3.39. The molecule has 172 valence electrons. The third-order valence-corrected chi connectivity index (χ3v) is 4.12. The van der Waals surface area contributed by atoms with Crippen molar-refractivity contribution in [2.24, 2.45) is 0 Å². The van der Waals surface area contributed by atoms with Crippen LogP contribution in [0.3, 0.4) is 0 Å². The Hall–Kier alpha value is -3.63. The molecule has 0 N–H and O–H groups in total. The standard InChI is InChI=1S/C21H20F3NO7/c1-4-30-18(27)14-11-25(13-9-7-12(8-10-13)21(22,23)24)16(20(29)32-6-3)15(17(14)26)19(28)31-5-2/h7-11H,4-6H2,1-3H3. The van der Waals surface area contributed by atoms with Gasteiger partial charge in [0.05, 0.1) is 25.4 Å². The van der Waals surface area contributed by atoms with Crippen molar-refractivity contribution in [3.8, 4) is 5.69 Å². The van der Waals surface area contributed by atoms with E-state index in [0.29, 0.717) is 0 Å². The summed E-state index contributed by atoms with van der Waals surface area (Å²) in [7, 11) is 0. The Labute approximate surface area is 180 Å². The van der Waals surface area contributed by atoms with Crippen LogP contribution in [0.4, 0.5) is 13.2 Å². The molecule has 0 atom stereocenters. The first-order valence-corrected chi connectivity index (χ1v) is 9.55. The zero-order valence-corrected chi connectivity index (χ0v) is 17.4. The van der Waals surface area contributed by atoms with Crippen LogP contribution in [0.1, 0.15) is 57.5 Å². The van der Waals surface area contributed by atoms with Gasteiger partial charge in [0.15, 0.2) is 5.69 Å². The molecule has 0 aliphatic rings. The van der Waals surface area contributed by atoms with Crippen molar-refractivity contribution in [2.45, 2.75) is 26.9 Å². The molecule has 2 aromatic rings. The molecular formula is C21H20F3NO7. The van der Waals surface area contributed by atoms with Gasteiger partial charge in [0.25, 0.3) is 0 Å². The fourth-order valence-electron chi connectivity index (χ4n) is 2.78. The van der Waals surface area contributed by atoms with E-state index >= 15 is 0 Å². The van der Waals surface area contributed by atoms with Crippen molar-refractivity contribution in [3.05, 3.63) is 63.1 Å². The second-order valence-corrected chi connectivity index (χ2v) is 6.17. The Morgan fingerprint density at radius 3 is 1.84 bits per heavy atom. The van der Waals surface area contributed by atoms with Crippen LogP contribution in [0.25, 0.3) is 5.69 Å². The van der Waals surface area contributed by atoms with E-state index in [4.69, 9.17) is 14.2 Å². The number of aromatic nitrogens is 1. The molecule has 11 heteroatoms. The molecule has 0 unspecified atom stereocenters. The molecule has 8 nitrogen and oxygen atoms in total. The van der Waals surface area contributed by atoms with E-state index in [0.717, 1.165) is 35.0 Å².